The molecule has 0 atom stereocenters. The standard InChI is InChI=1S/C18H37N3O/c1-6-19-11-13-20(14-12-19)15-18(22)21(9-7-16(2)3)10-8-17(4)5/h16-17H,6-15H2,1-5H3. The van der Waals surface area contributed by atoms with Crippen LogP contribution in [-0.4, -0.2) is 73.0 Å². The predicted molar refractivity (Wildman–Crippen MR) is 94.0 cm³/mol. The second-order valence-electron chi connectivity index (χ2n) is 7.46. The molecule has 0 aromatic carbocycles. The van der Waals surface area contributed by atoms with Gasteiger partial charge in [0.05, 0.1) is 6.54 Å². The zero-order valence-corrected chi connectivity index (χ0v) is 15.5. The highest BCUT2D eigenvalue weighted by atomic mass is 16.2. The maximum atomic E-state index is 12.7. The van der Waals surface area contributed by atoms with Crippen molar-refractivity contribution in [1.29, 1.82) is 0 Å². The molecule has 1 amide bonds. The molecular weight excluding hydrogens is 274 g/mol. The van der Waals surface area contributed by atoms with E-state index < -0.39 is 0 Å². The van der Waals surface area contributed by atoms with Crippen LogP contribution in [0.1, 0.15) is 47.5 Å². The van der Waals surface area contributed by atoms with Gasteiger partial charge in [-0.05, 0) is 31.2 Å². The molecule has 1 saturated heterocycles. The molecule has 0 spiro atoms. The summed E-state index contributed by atoms with van der Waals surface area (Å²) in [6.07, 6.45) is 2.21. The third kappa shape index (κ3) is 7.59. The van der Waals surface area contributed by atoms with Gasteiger partial charge in [-0.3, -0.25) is 9.69 Å². The van der Waals surface area contributed by atoms with Crippen molar-refractivity contribution in [1.82, 2.24) is 14.7 Å². The normalized spacial score (nSPS) is 17.4. The summed E-state index contributed by atoms with van der Waals surface area (Å²) in [5.41, 5.74) is 0. The third-order valence-electron chi connectivity index (χ3n) is 4.58. The topological polar surface area (TPSA) is 26.8 Å². The Kier molecular flexibility index (Phi) is 9.03. The van der Waals surface area contributed by atoms with Crippen molar-refractivity contribution in [2.24, 2.45) is 11.8 Å². The Bertz CT molecular complexity index is 297. The first-order valence-corrected chi connectivity index (χ1v) is 9.14. The summed E-state index contributed by atoms with van der Waals surface area (Å²) < 4.78 is 0. The predicted octanol–water partition coefficient (Wildman–Crippen LogP) is 2.54. The van der Waals surface area contributed by atoms with Gasteiger partial charge in [-0.15, -0.1) is 0 Å². The molecule has 1 aliphatic rings. The van der Waals surface area contributed by atoms with Crippen molar-refractivity contribution >= 4 is 5.91 Å². The molecule has 22 heavy (non-hydrogen) atoms. The lowest BCUT2D eigenvalue weighted by Gasteiger charge is -2.35. The van der Waals surface area contributed by atoms with Crippen LogP contribution in [0.5, 0.6) is 0 Å². The summed E-state index contributed by atoms with van der Waals surface area (Å²) in [5, 5.41) is 0. The molecule has 1 fully saturated rings. The lowest BCUT2D eigenvalue weighted by atomic mass is 10.1. The zero-order chi connectivity index (χ0) is 16.5. The van der Waals surface area contributed by atoms with Gasteiger partial charge in [0.1, 0.15) is 0 Å². The van der Waals surface area contributed by atoms with Gasteiger partial charge in [-0.25, -0.2) is 0 Å². The highest BCUT2D eigenvalue weighted by Gasteiger charge is 2.21. The van der Waals surface area contributed by atoms with E-state index in [9.17, 15) is 4.79 Å². The van der Waals surface area contributed by atoms with Gasteiger partial charge < -0.3 is 9.80 Å². The molecule has 1 aliphatic heterocycles. The Morgan fingerprint density at radius 1 is 0.909 bits per heavy atom. The molecule has 1 rings (SSSR count). The van der Waals surface area contributed by atoms with Crippen molar-refractivity contribution in [2.75, 3.05) is 52.4 Å². The van der Waals surface area contributed by atoms with E-state index in [0.717, 1.165) is 58.7 Å². The van der Waals surface area contributed by atoms with Crippen LogP contribution in [0, 0.1) is 11.8 Å². The molecule has 0 aromatic heterocycles. The minimum absolute atomic E-state index is 0.325. The van der Waals surface area contributed by atoms with E-state index >= 15 is 0 Å². The number of amides is 1. The lowest BCUT2D eigenvalue weighted by Crippen LogP contribution is -2.50. The van der Waals surface area contributed by atoms with E-state index in [1.807, 2.05) is 0 Å². The third-order valence-corrected chi connectivity index (χ3v) is 4.58. The second kappa shape index (κ2) is 10.2. The van der Waals surface area contributed by atoms with Gasteiger partial charge in [-0.1, -0.05) is 34.6 Å². The van der Waals surface area contributed by atoms with E-state index in [2.05, 4.69) is 49.3 Å². The summed E-state index contributed by atoms with van der Waals surface area (Å²) in [4.78, 5) is 19.5. The highest BCUT2D eigenvalue weighted by molar-refractivity contribution is 5.78. The summed E-state index contributed by atoms with van der Waals surface area (Å²) >= 11 is 0. The maximum absolute atomic E-state index is 12.7. The molecule has 0 aliphatic carbocycles. The van der Waals surface area contributed by atoms with Crippen LogP contribution in [0.15, 0.2) is 0 Å². The van der Waals surface area contributed by atoms with Gasteiger partial charge >= 0.3 is 0 Å². The number of hydrogen-bond acceptors (Lipinski definition) is 3. The number of carbonyl (C=O) groups is 1. The maximum Gasteiger partial charge on any atom is 0.236 e. The van der Waals surface area contributed by atoms with E-state index in [-0.39, 0.29) is 0 Å². The van der Waals surface area contributed by atoms with Crippen LogP contribution in [0.2, 0.25) is 0 Å². The van der Waals surface area contributed by atoms with Crippen molar-refractivity contribution in [3.05, 3.63) is 0 Å². The van der Waals surface area contributed by atoms with Crippen LogP contribution in [0.25, 0.3) is 0 Å². The molecule has 4 heteroatoms. The summed E-state index contributed by atoms with van der Waals surface area (Å²) in [7, 11) is 0. The number of nitrogens with zero attached hydrogens (tertiary/aromatic N) is 3. The van der Waals surface area contributed by atoms with Crippen LogP contribution >= 0.6 is 0 Å². The average molecular weight is 312 g/mol. The molecule has 4 nitrogen and oxygen atoms in total. The molecule has 0 aromatic rings. The van der Waals surface area contributed by atoms with Crippen molar-refractivity contribution in [3.63, 3.8) is 0 Å². The lowest BCUT2D eigenvalue weighted by molar-refractivity contribution is -0.133. The Balaban J connectivity index is 2.44. The van der Waals surface area contributed by atoms with E-state index in [0.29, 0.717) is 24.3 Å². The average Bonchev–Trinajstić information content (AvgIpc) is 2.47. The molecule has 1 heterocycles. The molecule has 0 unspecified atom stereocenters. The highest BCUT2D eigenvalue weighted by Crippen LogP contribution is 2.08. The SMILES string of the molecule is CCN1CCN(CC(=O)N(CCC(C)C)CCC(C)C)CC1. The van der Waals surface area contributed by atoms with E-state index in [1.54, 1.807) is 0 Å². The van der Waals surface area contributed by atoms with Gasteiger partial charge in [0.25, 0.3) is 0 Å². The Morgan fingerprint density at radius 3 is 1.77 bits per heavy atom. The van der Waals surface area contributed by atoms with Gasteiger partial charge in [0.15, 0.2) is 0 Å². The Morgan fingerprint density at radius 2 is 1.36 bits per heavy atom. The number of hydrogen-bond donors (Lipinski definition) is 0. The van der Waals surface area contributed by atoms with E-state index in [4.69, 9.17) is 0 Å². The smallest absolute Gasteiger partial charge is 0.236 e. The Hall–Kier alpha value is -0.610. The second-order valence-corrected chi connectivity index (χ2v) is 7.46. The largest absolute Gasteiger partial charge is 0.342 e. The molecular formula is C18H37N3O. The van der Waals surface area contributed by atoms with Crippen molar-refractivity contribution < 1.29 is 4.79 Å². The van der Waals surface area contributed by atoms with E-state index in [1.165, 1.54) is 0 Å². The number of carbonyl (C=O) groups excluding carboxylic acids is 1. The van der Waals surface area contributed by atoms with Crippen molar-refractivity contribution in [2.45, 2.75) is 47.5 Å². The molecule has 0 bridgehead atoms. The fraction of sp³-hybridized carbons (Fsp3) is 0.944. The summed E-state index contributed by atoms with van der Waals surface area (Å²) in [6.45, 7) is 18.9. The fourth-order valence-corrected chi connectivity index (χ4v) is 2.74. The first kappa shape index (κ1) is 19.4. The van der Waals surface area contributed by atoms with Gasteiger partial charge in [0.2, 0.25) is 5.91 Å². The Labute approximate surface area is 137 Å². The fourth-order valence-electron chi connectivity index (χ4n) is 2.74. The van der Waals surface area contributed by atoms with Crippen LogP contribution in [0.3, 0.4) is 0 Å². The summed E-state index contributed by atoms with van der Waals surface area (Å²) in [5.74, 6) is 1.64. The van der Waals surface area contributed by atoms with Crippen molar-refractivity contribution in [3.8, 4) is 0 Å². The molecule has 0 radical (unpaired) electrons. The first-order chi connectivity index (χ1) is 10.4. The quantitative estimate of drug-likeness (QED) is 0.655. The monoisotopic (exact) mass is 311 g/mol. The van der Waals surface area contributed by atoms with Crippen LogP contribution in [-0.2, 0) is 4.79 Å². The summed E-state index contributed by atoms with van der Waals surface area (Å²) in [6, 6.07) is 0. The van der Waals surface area contributed by atoms with Gasteiger partial charge in [0, 0.05) is 39.3 Å². The van der Waals surface area contributed by atoms with Crippen LogP contribution < -0.4 is 0 Å². The minimum Gasteiger partial charge on any atom is -0.342 e. The molecule has 0 N–H and O–H groups in total. The first-order valence-electron chi connectivity index (χ1n) is 9.14. The van der Waals surface area contributed by atoms with Crippen LogP contribution in [0.4, 0.5) is 0 Å². The number of rotatable bonds is 9. The number of piperazine rings is 1. The zero-order valence-electron chi connectivity index (χ0n) is 15.5. The minimum atomic E-state index is 0.325. The molecule has 0 saturated carbocycles. The molecule has 130 valence electrons. The number of likely N-dealkylation sites (N-methyl/N-ethyl adjacent to an activating group) is 1. The van der Waals surface area contributed by atoms with Gasteiger partial charge in [-0.2, -0.15) is 0 Å².